The van der Waals surface area contributed by atoms with E-state index < -0.39 is 15.1 Å². The van der Waals surface area contributed by atoms with E-state index in [0.29, 0.717) is 12.3 Å². The van der Waals surface area contributed by atoms with E-state index in [4.69, 9.17) is 0 Å². The van der Waals surface area contributed by atoms with Gasteiger partial charge >= 0.3 is 0 Å². The van der Waals surface area contributed by atoms with E-state index in [9.17, 15) is 13.2 Å². The maximum absolute atomic E-state index is 12.8. The summed E-state index contributed by atoms with van der Waals surface area (Å²) in [6.45, 7) is 2.08. The molecule has 23 heavy (non-hydrogen) atoms. The van der Waals surface area contributed by atoms with Crippen molar-refractivity contribution in [3.05, 3.63) is 35.4 Å². The van der Waals surface area contributed by atoms with Crippen molar-refractivity contribution < 1.29 is 13.2 Å². The van der Waals surface area contributed by atoms with Crippen LogP contribution < -0.4 is 0 Å². The lowest BCUT2D eigenvalue weighted by molar-refractivity contribution is -0.133. The number of aryl methyl sites for hydroxylation is 1. The third kappa shape index (κ3) is 3.16. The van der Waals surface area contributed by atoms with E-state index in [1.807, 2.05) is 12.1 Å². The number of nitrogens with zero attached hydrogens (tertiary/aromatic N) is 1. The predicted octanol–water partition coefficient (Wildman–Crippen LogP) is 2.52. The van der Waals surface area contributed by atoms with Gasteiger partial charge in [0.05, 0.1) is 5.25 Å². The van der Waals surface area contributed by atoms with Gasteiger partial charge in [0.1, 0.15) is 0 Å². The van der Waals surface area contributed by atoms with Crippen molar-refractivity contribution in [1.29, 1.82) is 0 Å². The van der Waals surface area contributed by atoms with Crippen LogP contribution in [0.2, 0.25) is 0 Å². The second-order valence-corrected chi connectivity index (χ2v) is 9.39. The molecule has 5 heteroatoms. The minimum Gasteiger partial charge on any atom is -0.341 e. The fourth-order valence-corrected chi connectivity index (χ4v) is 5.57. The SMILES string of the molecule is Cc1ccccc1C1CC1C(=O)N(C)C1CCCC1S(C)(=O)=O. The number of carbonyl (C=O) groups excluding carboxylic acids is 1. The van der Waals surface area contributed by atoms with E-state index in [-0.39, 0.29) is 17.9 Å². The van der Waals surface area contributed by atoms with Crippen molar-refractivity contribution in [3.63, 3.8) is 0 Å². The maximum Gasteiger partial charge on any atom is 0.226 e. The first-order chi connectivity index (χ1) is 10.8. The summed E-state index contributed by atoms with van der Waals surface area (Å²) < 4.78 is 23.9. The Morgan fingerprint density at radius 2 is 1.91 bits per heavy atom. The molecule has 0 aliphatic heterocycles. The van der Waals surface area contributed by atoms with Crippen LogP contribution in [0.25, 0.3) is 0 Å². The van der Waals surface area contributed by atoms with Crippen LogP contribution in [-0.4, -0.2) is 43.8 Å². The zero-order valence-electron chi connectivity index (χ0n) is 14.0. The molecule has 0 aromatic heterocycles. The lowest BCUT2D eigenvalue weighted by Crippen LogP contribution is -2.45. The molecule has 1 aromatic carbocycles. The Morgan fingerprint density at radius 1 is 1.22 bits per heavy atom. The number of rotatable bonds is 4. The van der Waals surface area contributed by atoms with Crippen LogP contribution in [0.4, 0.5) is 0 Å². The second-order valence-electron chi connectivity index (χ2n) is 7.12. The molecule has 4 atom stereocenters. The number of sulfone groups is 1. The Balaban J connectivity index is 1.71. The lowest BCUT2D eigenvalue weighted by atomic mass is 10.0. The van der Waals surface area contributed by atoms with E-state index in [1.165, 1.54) is 17.4 Å². The molecular formula is C18H25NO3S. The second kappa shape index (κ2) is 5.93. The van der Waals surface area contributed by atoms with E-state index in [1.54, 1.807) is 11.9 Å². The monoisotopic (exact) mass is 335 g/mol. The molecule has 4 nitrogen and oxygen atoms in total. The molecule has 1 aromatic rings. The predicted molar refractivity (Wildman–Crippen MR) is 91.1 cm³/mol. The molecule has 0 radical (unpaired) electrons. The highest BCUT2D eigenvalue weighted by Gasteiger charge is 2.48. The normalized spacial score (nSPS) is 30.2. The van der Waals surface area contributed by atoms with E-state index in [2.05, 4.69) is 19.1 Å². The molecule has 2 saturated carbocycles. The Morgan fingerprint density at radius 3 is 2.57 bits per heavy atom. The van der Waals surface area contributed by atoms with E-state index >= 15 is 0 Å². The molecule has 126 valence electrons. The van der Waals surface area contributed by atoms with Gasteiger partial charge < -0.3 is 4.90 Å². The molecule has 1 amide bonds. The van der Waals surface area contributed by atoms with Crippen molar-refractivity contribution in [1.82, 2.24) is 4.90 Å². The van der Waals surface area contributed by atoms with Gasteiger partial charge in [-0.15, -0.1) is 0 Å². The molecule has 0 heterocycles. The first-order valence-corrected chi connectivity index (χ1v) is 10.3. The number of carbonyl (C=O) groups is 1. The van der Waals surface area contributed by atoms with Crippen LogP contribution in [0.3, 0.4) is 0 Å². The summed E-state index contributed by atoms with van der Waals surface area (Å²) in [5.74, 6) is 0.421. The summed E-state index contributed by atoms with van der Waals surface area (Å²) >= 11 is 0. The highest BCUT2D eigenvalue weighted by molar-refractivity contribution is 7.91. The summed E-state index contributed by atoms with van der Waals surface area (Å²) in [6, 6.07) is 8.05. The Labute approximate surface area is 138 Å². The Hall–Kier alpha value is -1.36. The Bertz CT molecular complexity index is 713. The quantitative estimate of drug-likeness (QED) is 0.849. The number of amides is 1. The largest absolute Gasteiger partial charge is 0.341 e. The summed E-state index contributed by atoms with van der Waals surface area (Å²) in [6.07, 6.45) is 4.52. The number of hydrogen-bond acceptors (Lipinski definition) is 3. The number of hydrogen-bond donors (Lipinski definition) is 0. The van der Waals surface area contributed by atoms with Crippen molar-refractivity contribution in [2.24, 2.45) is 5.92 Å². The van der Waals surface area contributed by atoms with Crippen molar-refractivity contribution in [2.45, 2.75) is 49.8 Å². The zero-order chi connectivity index (χ0) is 16.8. The summed E-state index contributed by atoms with van der Waals surface area (Å²) in [4.78, 5) is 14.5. The summed E-state index contributed by atoms with van der Waals surface area (Å²) in [7, 11) is -1.32. The molecule has 0 N–H and O–H groups in total. The molecule has 2 fully saturated rings. The molecule has 0 bridgehead atoms. The third-order valence-electron chi connectivity index (χ3n) is 5.51. The highest BCUT2D eigenvalue weighted by Crippen LogP contribution is 2.49. The lowest BCUT2D eigenvalue weighted by Gasteiger charge is -2.29. The van der Waals surface area contributed by atoms with Gasteiger partial charge in [0, 0.05) is 25.3 Å². The average molecular weight is 335 g/mol. The van der Waals surface area contributed by atoms with Crippen LogP contribution >= 0.6 is 0 Å². The van der Waals surface area contributed by atoms with Crippen LogP contribution in [0.1, 0.15) is 42.7 Å². The first-order valence-electron chi connectivity index (χ1n) is 8.31. The van der Waals surface area contributed by atoms with Gasteiger partial charge in [-0.1, -0.05) is 24.3 Å². The van der Waals surface area contributed by atoms with Crippen LogP contribution in [0.15, 0.2) is 24.3 Å². The molecule has 0 saturated heterocycles. The van der Waals surface area contributed by atoms with Gasteiger partial charge in [-0.05, 0) is 49.7 Å². The summed E-state index contributed by atoms with van der Waals surface area (Å²) in [5.41, 5.74) is 2.48. The fraction of sp³-hybridized carbons (Fsp3) is 0.611. The van der Waals surface area contributed by atoms with Crippen molar-refractivity contribution in [3.8, 4) is 0 Å². The third-order valence-corrected chi connectivity index (χ3v) is 7.16. The van der Waals surface area contributed by atoms with Crippen LogP contribution in [-0.2, 0) is 14.6 Å². The van der Waals surface area contributed by atoms with Crippen LogP contribution in [0, 0.1) is 12.8 Å². The summed E-state index contributed by atoms with van der Waals surface area (Å²) in [5, 5.41) is -0.396. The van der Waals surface area contributed by atoms with Crippen LogP contribution in [0.5, 0.6) is 0 Å². The standard InChI is InChI=1S/C18H25NO3S/c1-12-7-4-5-8-13(12)14-11-15(14)18(20)19(2)16-9-6-10-17(16)23(3,21)22/h4-5,7-8,14-17H,6,9-11H2,1-3H3. The average Bonchev–Trinajstić information content (AvgIpc) is 3.11. The molecular weight excluding hydrogens is 310 g/mol. The van der Waals surface area contributed by atoms with Gasteiger partial charge in [0.25, 0.3) is 0 Å². The van der Waals surface area contributed by atoms with Crippen molar-refractivity contribution >= 4 is 15.7 Å². The molecule has 0 spiro atoms. The van der Waals surface area contributed by atoms with Gasteiger partial charge in [0.2, 0.25) is 5.91 Å². The smallest absolute Gasteiger partial charge is 0.226 e. The van der Waals surface area contributed by atoms with E-state index in [0.717, 1.165) is 19.3 Å². The minimum atomic E-state index is -3.10. The zero-order valence-corrected chi connectivity index (χ0v) is 14.8. The topological polar surface area (TPSA) is 54.5 Å². The Kier molecular flexibility index (Phi) is 4.25. The van der Waals surface area contributed by atoms with Gasteiger partial charge in [0.15, 0.2) is 9.84 Å². The maximum atomic E-state index is 12.8. The first kappa shape index (κ1) is 16.5. The molecule has 2 aliphatic rings. The van der Waals surface area contributed by atoms with Gasteiger partial charge in [-0.2, -0.15) is 0 Å². The molecule has 4 unspecified atom stereocenters. The number of benzene rings is 1. The van der Waals surface area contributed by atoms with Crippen molar-refractivity contribution in [2.75, 3.05) is 13.3 Å². The molecule has 2 aliphatic carbocycles. The molecule has 3 rings (SSSR count). The van der Waals surface area contributed by atoms with Gasteiger partial charge in [-0.25, -0.2) is 8.42 Å². The van der Waals surface area contributed by atoms with Gasteiger partial charge in [-0.3, -0.25) is 4.79 Å². The highest BCUT2D eigenvalue weighted by atomic mass is 32.2. The minimum absolute atomic E-state index is 0.0157. The fourth-order valence-electron chi connectivity index (χ4n) is 4.09.